The Labute approximate surface area is 172 Å². The molecule has 1 aliphatic rings. The molecule has 1 N–H and O–H groups in total. The fraction of sp³-hybridized carbons (Fsp3) is 0.333. The normalized spacial score (nSPS) is 22.9. The molecule has 9 heteroatoms. The maximum Gasteiger partial charge on any atom is 0.509 e. The van der Waals surface area contributed by atoms with Crippen molar-refractivity contribution in [2.75, 3.05) is 6.61 Å². The van der Waals surface area contributed by atoms with Crippen LogP contribution in [0.3, 0.4) is 0 Å². The number of hydrogen-bond acceptors (Lipinski definition) is 8. The van der Waals surface area contributed by atoms with E-state index in [0.29, 0.717) is 0 Å². The summed E-state index contributed by atoms with van der Waals surface area (Å²) >= 11 is 0. The second-order valence-electron chi connectivity index (χ2n) is 6.45. The number of rotatable bonds is 7. The second kappa shape index (κ2) is 10.6. The number of hydrogen-bond donors (Lipinski definition) is 1. The van der Waals surface area contributed by atoms with Crippen LogP contribution in [0, 0.1) is 0 Å². The SMILES string of the molecule is O=C(OCc1ccccc1)OC[C@H]1OC(O)[C@@H](F)[C@@H]1OC(=O)OCc1ccccc1. The molecule has 0 spiro atoms. The van der Waals surface area contributed by atoms with Gasteiger partial charge in [0.15, 0.2) is 18.6 Å². The van der Waals surface area contributed by atoms with Crippen LogP contribution < -0.4 is 0 Å². The van der Waals surface area contributed by atoms with Gasteiger partial charge in [0, 0.05) is 0 Å². The molecule has 0 amide bonds. The van der Waals surface area contributed by atoms with Crippen molar-refractivity contribution < 1.29 is 42.8 Å². The van der Waals surface area contributed by atoms with Gasteiger partial charge in [0.05, 0.1) is 0 Å². The summed E-state index contributed by atoms with van der Waals surface area (Å²) in [6.45, 7) is -0.563. The van der Waals surface area contributed by atoms with E-state index in [1.807, 2.05) is 12.1 Å². The first-order valence-corrected chi connectivity index (χ1v) is 9.21. The van der Waals surface area contributed by atoms with Crippen molar-refractivity contribution in [3.63, 3.8) is 0 Å². The van der Waals surface area contributed by atoms with Crippen molar-refractivity contribution in [2.45, 2.75) is 37.9 Å². The maximum atomic E-state index is 14.2. The van der Waals surface area contributed by atoms with E-state index < -0.39 is 43.6 Å². The highest BCUT2D eigenvalue weighted by atomic mass is 19.1. The van der Waals surface area contributed by atoms with Crippen LogP contribution in [0.15, 0.2) is 60.7 Å². The first-order chi connectivity index (χ1) is 14.5. The first kappa shape index (κ1) is 21.5. The number of carbonyl (C=O) groups excluding carboxylic acids is 2. The summed E-state index contributed by atoms with van der Waals surface area (Å²) in [6.07, 6.45) is -8.73. The Kier molecular flexibility index (Phi) is 7.58. The van der Waals surface area contributed by atoms with Crippen molar-refractivity contribution in [1.82, 2.24) is 0 Å². The van der Waals surface area contributed by atoms with Gasteiger partial charge in [-0.3, -0.25) is 0 Å². The fourth-order valence-electron chi connectivity index (χ4n) is 2.74. The van der Waals surface area contributed by atoms with Gasteiger partial charge in [-0.15, -0.1) is 0 Å². The summed E-state index contributed by atoms with van der Waals surface area (Å²) in [5, 5.41) is 9.58. The molecule has 160 valence electrons. The molecule has 1 unspecified atom stereocenters. The van der Waals surface area contributed by atoms with Gasteiger partial charge in [-0.1, -0.05) is 60.7 Å². The molecule has 1 saturated heterocycles. The molecule has 0 bridgehead atoms. The van der Waals surface area contributed by atoms with E-state index in [1.165, 1.54) is 0 Å². The molecular formula is C21H21FO8. The zero-order valence-corrected chi connectivity index (χ0v) is 15.9. The fourth-order valence-corrected chi connectivity index (χ4v) is 2.74. The molecular weight excluding hydrogens is 399 g/mol. The number of halogens is 1. The summed E-state index contributed by atoms with van der Waals surface area (Å²) < 4.78 is 38.9. The number of aliphatic hydroxyl groups is 1. The highest BCUT2D eigenvalue weighted by molar-refractivity contribution is 5.61. The smallest absolute Gasteiger partial charge is 0.431 e. The molecule has 1 fully saturated rings. The highest BCUT2D eigenvalue weighted by Gasteiger charge is 2.48. The van der Waals surface area contributed by atoms with Crippen molar-refractivity contribution in [2.24, 2.45) is 0 Å². The van der Waals surface area contributed by atoms with Gasteiger partial charge >= 0.3 is 12.3 Å². The Morgan fingerprint density at radius 2 is 1.40 bits per heavy atom. The predicted octanol–water partition coefficient (Wildman–Crippen LogP) is 3.12. The average molecular weight is 420 g/mol. The van der Waals surface area contributed by atoms with Crippen LogP contribution in [0.1, 0.15) is 11.1 Å². The van der Waals surface area contributed by atoms with Crippen molar-refractivity contribution >= 4 is 12.3 Å². The Bertz CT molecular complexity index is 816. The lowest BCUT2D eigenvalue weighted by molar-refractivity contribution is -0.124. The first-order valence-electron chi connectivity index (χ1n) is 9.21. The van der Waals surface area contributed by atoms with E-state index in [-0.39, 0.29) is 13.2 Å². The molecule has 2 aromatic carbocycles. The van der Waals surface area contributed by atoms with Gasteiger partial charge in [-0.25, -0.2) is 14.0 Å². The molecule has 4 atom stereocenters. The number of ether oxygens (including phenoxy) is 5. The lowest BCUT2D eigenvalue weighted by Gasteiger charge is -2.19. The molecule has 0 aliphatic carbocycles. The standard InChI is InChI=1S/C21H21FO8/c22-17-18(30-21(25)27-12-15-9-5-2-6-10-15)16(29-19(17)23)13-28-20(24)26-11-14-7-3-1-4-8-14/h1-10,16-19,23H,11-13H2/t16-,17+,18-,19?/m1/s1. The van der Waals surface area contributed by atoms with Crippen LogP contribution in [0.25, 0.3) is 0 Å². The van der Waals surface area contributed by atoms with Crippen LogP contribution >= 0.6 is 0 Å². The monoisotopic (exact) mass is 420 g/mol. The maximum absolute atomic E-state index is 14.2. The third-order valence-corrected chi connectivity index (χ3v) is 4.26. The van der Waals surface area contributed by atoms with Crippen molar-refractivity contribution in [1.29, 1.82) is 0 Å². The highest BCUT2D eigenvalue weighted by Crippen LogP contribution is 2.26. The van der Waals surface area contributed by atoms with Crippen LogP contribution in [-0.4, -0.2) is 48.7 Å². The second-order valence-corrected chi connectivity index (χ2v) is 6.45. The molecule has 0 saturated carbocycles. The lowest BCUT2D eigenvalue weighted by Crippen LogP contribution is -2.37. The molecule has 30 heavy (non-hydrogen) atoms. The topological polar surface area (TPSA) is 101 Å². The third-order valence-electron chi connectivity index (χ3n) is 4.26. The molecule has 8 nitrogen and oxygen atoms in total. The van der Waals surface area contributed by atoms with Gasteiger partial charge in [0.1, 0.15) is 25.9 Å². The summed E-state index contributed by atoms with van der Waals surface area (Å²) in [7, 11) is 0. The van der Waals surface area contributed by atoms with Crippen LogP contribution in [0.5, 0.6) is 0 Å². The summed E-state index contributed by atoms with van der Waals surface area (Å²) in [4.78, 5) is 23.6. The van der Waals surface area contributed by atoms with Gasteiger partial charge in [-0.05, 0) is 11.1 Å². The van der Waals surface area contributed by atoms with Gasteiger partial charge in [0.2, 0.25) is 0 Å². The number of carbonyl (C=O) groups is 2. The predicted molar refractivity (Wildman–Crippen MR) is 99.9 cm³/mol. The molecule has 3 rings (SSSR count). The van der Waals surface area contributed by atoms with E-state index in [9.17, 15) is 19.1 Å². The Morgan fingerprint density at radius 3 is 1.97 bits per heavy atom. The van der Waals surface area contributed by atoms with E-state index in [4.69, 9.17) is 23.7 Å². The quantitative estimate of drug-likeness (QED) is 0.682. The third kappa shape index (κ3) is 6.16. The van der Waals surface area contributed by atoms with E-state index >= 15 is 0 Å². The molecule has 2 aromatic rings. The van der Waals surface area contributed by atoms with Gasteiger partial charge < -0.3 is 28.8 Å². The van der Waals surface area contributed by atoms with Crippen LogP contribution in [0.4, 0.5) is 14.0 Å². The average Bonchev–Trinajstić information content (AvgIpc) is 3.04. The number of aliphatic hydroxyl groups excluding tert-OH is 1. The molecule has 0 aromatic heterocycles. The van der Waals surface area contributed by atoms with Crippen LogP contribution in [-0.2, 0) is 36.9 Å². The zero-order chi connectivity index (χ0) is 21.3. The Hall–Kier alpha value is -3.17. The van der Waals surface area contributed by atoms with E-state index in [2.05, 4.69) is 0 Å². The van der Waals surface area contributed by atoms with Gasteiger partial charge in [0.25, 0.3) is 0 Å². The van der Waals surface area contributed by atoms with Crippen LogP contribution in [0.2, 0.25) is 0 Å². The summed E-state index contributed by atoms with van der Waals surface area (Å²) in [5.41, 5.74) is 1.48. The molecule has 0 radical (unpaired) electrons. The zero-order valence-electron chi connectivity index (χ0n) is 15.9. The minimum atomic E-state index is -2.02. The summed E-state index contributed by atoms with van der Waals surface area (Å²) in [6, 6.07) is 17.8. The minimum absolute atomic E-state index is 0.00863. The van der Waals surface area contributed by atoms with Crippen molar-refractivity contribution in [3.8, 4) is 0 Å². The molecule has 1 aliphatic heterocycles. The largest absolute Gasteiger partial charge is 0.509 e. The van der Waals surface area contributed by atoms with Gasteiger partial charge in [-0.2, -0.15) is 0 Å². The van der Waals surface area contributed by atoms with E-state index in [1.54, 1.807) is 48.5 Å². The number of benzene rings is 2. The number of alkyl halides is 1. The minimum Gasteiger partial charge on any atom is -0.431 e. The lowest BCUT2D eigenvalue weighted by atomic mass is 10.1. The van der Waals surface area contributed by atoms with Crippen molar-refractivity contribution in [3.05, 3.63) is 71.8 Å². The Morgan fingerprint density at radius 1 is 0.867 bits per heavy atom. The van der Waals surface area contributed by atoms with E-state index in [0.717, 1.165) is 11.1 Å². The summed E-state index contributed by atoms with van der Waals surface area (Å²) in [5.74, 6) is 0. The molecule has 1 heterocycles. The Balaban J connectivity index is 1.45.